The number of methoxy groups -OCH3 is 1. The van der Waals surface area contributed by atoms with Crippen molar-refractivity contribution < 1.29 is 14.3 Å². The quantitative estimate of drug-likeness (QED) is 0.664. The van der Waals surface area contributed by atoms with Crippen LogP contribution in [0, 0.1) is 0 Å². The smallest absolute Gasteiger partial charge is 0.319 e. The highest BCUT2D eigenvalue weighted by molar-refractivity contribution is 5.89. The second-order valence-electron chi connectivity index (χ2n) is 7.38. The van der Waals surface area contributed by atoms with Crippen LogP contribution in [0.15, 0.2) is 42.5 Å². The van der Waals surface area contributed by atoms with Crippen LogP contribution >= 0.6 is 0 Å². The van der Waals surface area contributed by atoms with E-state index >= 15 is 0 Å². The summed E-state index contributed by atoms with van der Waals surface area (Å²) in [6.07, 6.45) is 5.00. The molecule has 0 saturated heterocycles. The van der Waals surface area contributed by atoms with E-state index in [4.69, 9.17) is 4.74 Å². The third kappa shape index (κ3) is 5.98. The highest BCUT2D eigenvalue weighted by Crippen LogP contribution is 2.24. The van der Waals surface area contributed by atoms with E-state index in [1.165, 1.54) is 24.0 Å². The molecular weight excluding hydrogens is 366 g/mol. The lowest BCUT2D eigenvalue weighted by Gasteiger charge is -2.20. The van der Waals surface area contributed by atoms with E-state index in [2.05, 4.69) is 34.1 Å². The van der Waals surface area contributed by atoms with Crippen molar-refractivity contribution >= 4 is 17.6 Å². The van der Waals surface area contributed by atoms with Crippen LogP contribution in [0.3, 0.4) is 0 Å². The molecule has 0 bridgehead atoms. The summed E-state index contributed by atoms with van der Waals surface area (Å²) in [6, 6.07) is 13.2. The molecule has 0 heterocycles. The summed E-state index contributed by atoms with van der Waals surface area (Å²) in [4.78, 5) is 24.2. The molecule has 2 aromatic carbocycles. The second kappa shape index (κ2) is 9.96. The normalized spacial score (nSPS) is 13.7. The topological polar surface area (TPSA) is 79.5 Å². The Kier molecular flexibility index (Phi) is 7.11. The third-order valence-corrected chi connectivity index (χ3v) is 5.24. The van der Waals surface area contributed by atoms with Crippen molar-refractivity contribution in [3.05, 3.63) is 59.2 Å². The van der Waals surface area contributed by atoms with E-state index in [0.717, 1.165) is 24.2 Å². The highest BCUT2D eigenvalue weighted by Gasteiger charge is 2.14. The van der Waals surface area contributed by atoms with Gasteiger partial charge < -0.3 is 20.7 Å². The zero-order chi connectivity index (χ0) is 20.6. The maximum Gasteiger partial charge on any atom is 0.319 e. The zero-order valence-corrected chi connectivity index (χ0v) is 17.1. The minimum absolute atomic E-state index is 0.0529. The fourth-order valence-corrected chi connectivity index (χ4v) is 3.56. The molecule has 6 heteroatoms. The molecule has 1 aliphatic rings. The molecular formula is C23H29N3O3. The van der Waals surface area contributed by atoms with Gasteiger partial charge in [0, 0.05) is 18.7 Å². The summed E-state index contributed by atoms with van der Waals surface area (Å²) in [5.41, 5.74) is 4.63. The average molecular weight is 396 g/mol. The Labute approximate surface area is 172 Å². The molecule has 154 valence electrons. The first kappa shape index (κ1) is 20.7. The van der Waals surface area contributed by atoms with E-state index in [-0.39, 0.29) is 30.9 Å². The van der Waals surface area contributed by atoms with Crippen LogP contribution in [-0.4, -0.2) is 25.6 Å². The monoisotopic (exact) mass is 395 g/mol. The predicted octanol–water partition coefficient (Wildman–Crippen LogP) is 3.96. The summed E-state index contributed by atoms with van der Waals surface area (Å²) in [6.45, 7) is 2.26. The number of carbonyl (C=O) groups excluding carboxylic acids is 2. The first-order valence-corrected chi connectivity index (χ1v) is 10.1. The van der Waals surface area contributed by atoms with Gasteiger partial charge in [0.2, 0.25) is 5.91 Å². The molecule has 3 rings (SSSR count). The summed E-state index contributed by atoms with van der Waals surface area (Å²) in [5, 5.41) is 8.44. The molecule has 1 unspecified atom stereocenters. The van der Waals surface area contributed by atoms with E-state index in [0.29, 0.717) is 5.69 Å². The van der Waals surface area contributed by atoms with Gasteiger partial charge in [-0.15, -0.1) is 0 Å². The molecule has 29 heavy (non-hydrogen) atoms. The number of hydrogen-bond acceptors (Lipinski definition) is 3. The van der Waals surface area contributed by atoms with E-state index in [1.807, 2.05) is 6.92 Å². The number of rotatable bonds is 7. The van der Waals surface area contributed by atoms with Gasteiger partial charge in [0.25, 0.3) is 0 Å². The Morgan fingerprint density at radius 3 is 2.48 bits per heavy atom. The number of fused-ring (bicyclic) bond motifs is 1. The minimum Gasteiger partial charge on any atom is -0.497 e. The van der Waals surface area contributed by atoms with Gasteiger partial charge in [0.15, 0.2) is 0 Å². The third-order valence-electron chi connectivity index (χ3n) is 5.24. The van der Waals surface area contributed by atoms with Crippen molar-refractivity contribution in [1.82, 2.24) is 10.6 Å². The molecule has 3 amide bonds. The van der Waals surface area contributed by atoms with Gasteiger partial charge in [-0.1, -0.05) is 18.2 Å². The highest BCUT2D eigenvalue weighted by atomic mass is 16.5. The summed E-state index contributed by atoms with van der Waals surface area (Å²) in [5.74, 6) is 0.639. The lowest BCUT2D eigenvalue weighted by Crippen LogP contribution is -2.34. The van der Waals surface area contributed by atoms with Gasteiger partial charge in [-0.2, -0.15) is 0 Å². The molecule has 6 nitrogen and oxygen atoms in total. The van der Waals surface area contributed by atoms with E-state index in [9.17, 15) is 9.59 Å². The first-order valence-electron chi connectivity index (χ1n) is 10.1. The van der Waals surface area contributed by atoms with Crippen molar-refractivity contribution in [2.45, 2.75) is 45.1 Å². The molecule has 0 aliphatic heterocycles. The molecule has 3 N–H and O–H groups in total. The van der Waals surface area contributed by atoms with Gasteiger partial charge in [0.05, 0.1) is 13.2 Å². The van der Waals surface area contributed by atoms with Crippen molar-refractivity contribution in [2.24, 2.45) is 0 Å². The SMILES string of the molecule is COc1ccc(NC(=O)NCCC(=O)NC(C)c2ccc3c(c2)CCCC3)cc1. The van der Waals surface area contributed by atoms with Crippen LogP contribution in [0.5, 0.6) is 5.75 Å². The number of amides is 3. The first-order chi connectivity index (χ1) is 14.0. The Morgan fingerprint density at radius 2 is 1.76 bits per heavy atom. The summed E-state index contributed by atoms with van der Waals surface area (Å²) < 4.78 is 5.08. The van der Waals surface area contributed by atoms with Gasteiger partial charge >= 0.3 is 6.03 Å². The van der Waals surface area contributed by atoms with Crippen LogP contribution in [0.25, 0.3) is 0 Å². The van der Waals surface area contributed by atoms with Crippen LogP contribution in [0.1, 0.15) is 48.9 Å². The van der Waals surface area contributed by atoms with Crippen LogP contribution in [0.4, 0.5) is 10.5 Å². The molecule has 1 atom stereocenters. The van der Waals surface area contributed by atoms with Crippen molar-refractivity contribution in [3.63, 3.8) is 0 Å². The number of benzene rings is 2. The van der Waals surface area contributed by atoms with Crippen LogP contribution in [0.2, 0.25) is 0 Å². The fourth-order valence-electron chi connectivity index (χ4n) is 3.56. The predicted molar refractivity (Wildman–Crippen MR) is 114 cm³/mol. The molecule has 0 radical (unpaired) electrons. The molecule has 1 aliphatic carbocycles. The Bertz CT molecular complexity index is 849. The Balaban J connectivity index is 1.40. The largest absolute Gasteiger partial charge is 0.497 e. The number of anilines is 1. The van der Waals surface area contributed by atoms with Gasteiger partial charge in [-0.05, 0) is 73.6 Å². The number of aryl methyl sites for hydroxylation is 2. The number of urea groups is 1. The minimum atomic E-state index is -0.342. The molecule has 0 fully saturated rings. The average Bonchev–Trinajstić information content (AvgIpc) is 2.73. The molecule has 0 saturated carbocycles. The van der Waals surface area contributed by atoms with Crippen molar-refractivity contribution in [1.29, 1.82) is 0 Å². The maximum atomic E-state index is 12.2. The summed E-state index contributed by atoms with van der Waals surface area (Å²) in [7, 11) is 1.59. The van der Waals surface area contributed by atoms with Gasteiger partial charge in [-0.3, -0.25) is 4.79 Å². The van der Waals surface area contributed by atoms with E-state index < -0.39 is 0 Å². The lowest BCUT2D eigenvalue weighted by atomic mass is 9.89. The maximum absolute atomic E-state index is 12.2. The molecule has 0 aromatic heterocycles. The summed E-state index contributed by atoms with van der Waals surface area (Å²) >= 11 is 0. The fraction of sp³-hybridized carbons (Fsp3) is 0.391. The van der Waals surface area contributed by atoms with Crippen molar-refractivity contribution in [2.75, 3.05) is 19.0 Å². The Hall–Kier alpha value is -3.02. The van der Waals surface area contributed by atoms with E-state index in [1.54, 1.807) is 31.4 Å². The van der Waals surface area contributed by atoms with Crippen LogP contribution < -0.4 is 20.7 Å². The number of carbonyl (C=O) groups is 2. The number of ether oxygens (including phenoxy) is 1. The zero-order valence-electron chi connectivity index (χ0n) is 17.1. The Morgan fingerprint density at radius 1 is 1.03 bits per heavy atom. The molecule has 0 spiro atoms. The second-order valence-corrected chi connectivity index (χ2v) is 7.38. The number of hydrogen-bond donors (Lipinski definition) is 3. The van der Waals surface area contributed by atoms with Crippen LogP contribution in [-0.2, 0) is 17.6 Å². The van der Waals surface area contributed by atoms with Gasteiger partial charge in [0.1, 0.15) is 5.75 Å². The molecule has 2 aromatic rings. The van der Waals surface area contributed by atoms with Crippen molar-refractivity contribution in [3.8, 4) is 5.75 Å². The van der Waals surface area contributed by atoms with Gasteiger partial charge in [-0.25, -0.2) is 4.79 Å². The number of nitrogens with one attached hydrogen (secondary N) is 3. The lowest BCUT2D eigenvalue weighted by molar-refractivity contribution is -0.121. The standard InChI is InChI=1S/C23H29N3O3/c1-16(18-8-7-17-5-3-4-6-19(17)15-18)25-22(27)13-14-24-23(28)26-20-9-11-21(29-2)12-10-20/h7-12,15-16H,3-6,13-14H2,1-2H3,(H,25,27)(H2,24,26,28).